The van der Waals surface area contributed by atoms with Crippen molar-refractivity contribution >= 4 is 16.8 Å². The summed E-state index contributed by atoms with van der Waals surface area (Å²) < 4.78 is 3.82. The third kappa shape index (κ3) is 3.63. The summed E-state index contributed by atoms with van der Waals surface area (Å²) >= 11 is 0. The predicted octanol–water partition coefficient (Wildman–Crippen LogP) is 3.15. The summed E-state index contributed by atoms with van der Waals surface area (Å²) in [4.78, 5) is 15.0. The van der Waals surface area contributed by atoms with Crippen LogP contribution in [0.25, 0.3) is 11.0 Å². The Kier molecular flexibility index (Phi) is 5.68. The zero-order chi connectivity index (χ0) is 18.5. The van der Waals surface area contributed by atoms with E-state index >= 15 is 0 Å². The standard InChI is InChI=1S/C21H26N4O/c1-3-23(4-2)14-15-24-18-12-8-9-13-19(18)25(21(24)22)16-20(26)17-10-6-5-7-11-17/h5-13,22H,3-4,14-16H2,1-2H3. The zero-order valence-electron chi connectivity index (χ0n) is 15.5. The minimum absolute atomic E-state index is 0.0238. The molecular weight excluding hydrogens is 324 g/mol. The van der Waals surface area contributed by atoms with Gasteiger partial charge in [0.15, 0.2) is 5.78 Å². The summed E-state index contributed by atoms with van der Waals surface area (Å²) in [6, 6.07) is 17.2. The Morgan fingerprint density at radius 3 is 2.12 bits per heavy atom. The molecule has 26 heavy (non-hydrogen) atoms. The van der Waals surface area contributed by atoms with Crippen LogP contribution in [-0.2, 0) is 13.1 Å². The third-order valence-electron chi connectivity index (χ3n) is 4.91. The summed E-state index contributed by atoms with van der Waals surface area (Å²) in [5.74, 6) is 0.0238. The molecule has 1 heterocycles. The molecule has 0 fully saturated rings. The van der Waals surface area contributed by atoms with Crippen LogP contribution >= 0.6 is 0 Å². The monoisotopic (exact) mass is 350 g/mol. The van der Waals surface area contributed by atoms with E-state index in [0.29, 0.717) is 11.2 Å². The van der Waals surface area contributed by atoms with E-state index in [1.807, 2.05) is 63.7 Å². The SMILES string of the molecule is CCN(CC)CCn1c(=N)n(CC(=O)c2ccccc2)c2ccccc21. The average Bonchev–Trinajstić information content (AvgIpc) is 2.95. The molecule has 0 aliphatic rings. The van der Waals surface area contributed by atoms with Crippen LogP contribution in [0.2, 0.25) is 0 Å². The number of aromatic nitrogens is 2. The van der Waals surface area contributed by atoms with Gasteiger partial charge in [0, 0.05) is 18.7 Å². The fourth-order valence-electron chi connectivity index (χ4n) is 3.32. The van der Waals surface area contributed by atoms with Gasteiger partial charge in [0.2, 0.25) is 5.62 Å². The number of ketones is 1. The minimum atomic E-state index is 0.0238. The quantitative estimate of drug-likeness (QED) is 0.635. The van der Waals surface area contributed by atoms with Crippen LogP contribution in [0.15, 0.2) is 54.6 Å². The summed E-state index contributed by atoms with van der Waals surface area (Å²) in [5, 5.41) is 8.64. The molecule has 3 rings (SSSR count). The van der Waals surface area contributed by atoms with Gasteiger partial charge in [0.1, 0.15) is 0 Å². The molecule has 0 spiro atoms. The van der Waals surface area contributed by atoms with Crippen molar-refractivity contribution in [3.63, 3.8) is 0 Å². The lowest BCUT2D eigenvalue weighted by molar-refractivity contribution is 0.0971. The van der Waals surface area contributed by atoms with E-state index in [0.717, 1.165) is 37.2 Å². The second-order valence-electron chi connectivity index (χ2n) is 6.37. The fraction of sp³-hybridized carbons (Fsp3) is 0.333. The molecule has 2 aromatic carbocycles. The van der Waals surface area contributed by atoms with E-state index in [-0.39, 0.29) is 12.3 Å². The molecule has 0 aliphatic heterocycles. The molecule has 0 radical (unpaired) electrons. The molecule has 0 amide bonds. The van der Waals surface area contributed by atoms with Gasteiger partial charge in [0.25, 0.3) is 0 Å². The summed E-state index contributed by atoms with van der Waals surface area (Å²) in [6.07, 6.45) is 0. The molecule has 0 atom stereocenters. The molecule has 5 heteroatoms. The maximum absolute atomic E-state index is 12.7. The lowest BCUT2D eigenvalue weighted by Gasteiger charge is -2.18. The van der Waals surface area contributed by atoms with Crippen molar-refractivity contribution in [3.05, 3.63) is 65.8 Å². The van der Waals surface area contributed by atoms with Gasteiger partial charge in [-0.2, -0.15) is 0 Å². The number of fused-ring (bicyclic) bond motifs is 1. The van der Waals surface area contributed by atoms with Gasteiger partial charge in [-0.3, -0.25) is 10.2 Å². The number of para-hydroxylation sites is 2. The highest BCUT2D eigenvalue weighted by molar-refractivity contribution is 5.96. The van der Waals surface area contributed by atoms with E-state index in [1.54, 1.807) is 0 Å². The number of hydrogen-bond donors (Lipinski definition) is 1. The third-order valence-corrected chi connectivity index (χ3v) is 4.91. The molecule has 5 nitrogen and oxygen atoms in total. The molecular formula is C21H26N4O. The zero-order valence-corrected chi connectivity index (χ0v) is 15.5. The van der Waals surface area contributed by atoms with Gasteiger partial charge >= 0.3 is 0 Å². The van der Waals surface area contributed by atoms with Gasteiger partial charge in [-0.05, 0) is 25.2 Å². The van der Waals surface area contributed by atoms with Crippen LogP contribution in [-0.4, -0.2) is 39.5 Å². The average molecular weight is 350 g/mol. The number of hydrogen-bond acceptors (Lipinski definition) is 3. The van der Waals surface area contributed by atoms with Gasteiger partial charge in [-0.25, -0.2) is 0 Å². The van der Waals surface area contributed by atoms with Crippen molar-refractivity contribution in [2.75, 3.05) is 19.6 Å². The Labute approximate surface area is 154 Å². The minimum Gasteiger partial charge on any atom is -0.309 e. The normalized spacial score (nSPS) is 11.3. The van der Waals surface area contributed by atoms with Crippen LogP contribution < -0.4 is 5.62 Å². The smallest absolute Gasteiger partial charge is 0.203 e. The van der Waals surface area contributed by atoms with Gasteiger partial charge in [-0.15, -0.1) is 0 Å². The highest BCUT2D eigenvalue weighted by Crippen LogP contribution is 2.14. The summed E-state index contributed by atoms with van der Waals surface area (Å²) in [5.41, 5.74) is 2.99. The van der Waals surface area contributed by atoms with Crippen molar-refractivity contribution in [2.45, 2.75) is 26.9 Å². The van der Waals surface area contributed by atoms with E-state index in [1.165, 1.54) is 0 Å². The summed E-state index contributed by atoms with van der Waals surface area (Å²) in [7, 11) is 0. The number of likely N-dealkylation sites (N-methyl/N-ethyl adjacent to an activating group) is 1. The lowest BCUT2D eigenvalue weighted by atomic mass is 10.1. The van der Waals surface area contributed by atoms with E-state index in [9.17, 15) is 4.79 Å². The number of carbonyl (C=O) groups excluding carboxylic acids is 1. The van der Waals surface area contributed by atoms with Crippen molar-refractivity contribution in [2.24, 2.45) is 0 Å². The first-order chi connectivity index (χ1) is 12.7. The van der Waals surface area contributed by atoms with Crippen molar-refractivity contribution in [1.29, 1.82) is 5.41 Å². The Balaban J connectivity index is 1.94. The number of imidazole rings is 1. The lowest BCUT2D eigenvalue weighted by Crippen LogP contribution is -2.32. The van der Waals surface area contributed by atoms with Crippen LogP contribution in [0.1, 0.15) is 24.2 Å². The highest BCUT2D eigenvalue weighted by atomic mass is 16.1. The van der Waals surface area contributed by atoms with Crippen molar-refractivity contribution in [1.82, 2.24) is 14.0 Å². The maximum atomic E-state index is 12.7. The van der Waals surface area contributed by atoms with Crippen LogP contribution in [0.5, 0.6) is 0 Å². The molecule has 0 saturated heterocycles. The Morgan fingerprint density at radius 2 is 1.50 bits per heavy atom. The van der Waals surface area contributed by atoms with Crippen LogP contribution in [0.4, 0.5) is 0 Å². The van der Waals surface area contributed by atoms with Crippen LogP contribution in [0.3, 0.4) is 0 Å². The predicted molar refractivity (Wildman–Crippen MR) is 104 cm³/mol. The Hall–Kier alpha value is -2.66. The van der Waals surface area contributed by atoms with Crippen molar-refractivity contribution < 1.29 is 4.79 Å². The highest BCUT2D eigenvalue weighted by Gasteiger charge is 2.14. The number of nitrogens with zero attached hydrogens (tertiary/aromatic N) is 3. The maximum Gasteiger partial charge on any atom is 0.203 e. The molecule has 136 valence electrons. The molecule has 1 aromatic heterocycles. The topological polar surface area (TPSA) is 54.0 Å². The first kappa shape index (κ1) is 18.1. The van der Waals surface area contributed by atoms with E-state index in [4.69, 9.17) is 5.41 Å². The Morgan fingerprint density at radius 1 is 0.923 bits per heavy atom. The molecule has 0 bridgehead atoms. The first-order valence-electron chi connectivity index (χ1n) is 9.19. The summed E-state index contributed by atoms with van der Waals surface area (Å²) in [6.45, 7) is 8.11. The van der Waals surface area contributed by atoms with E-state index < -0.39 is 0 Å². The van der Waals surface area contributed by atoms with Crippen molar-refractivity contribution in [3.8, 4) is 0 Å². The first-order valence-corrected chi connectivity index (χ1v) is 9.19. The van der Waals surface area contributed by atoms with Gasteiger partial charge in [0.05, 0.1) is 17.6 Å². The number of carbonyl (C=O) groups is 1. The van der Waals surface area contributed by atoms with E-state index in [2.05, 4.69) is 18.7 Å². The second kappa shape index (κ2) is 8.15. The van der Waals surface area contributed by atoms with Gasteiger partial charge < -0.3 is 14.0 Å². The second-order valence-corrected chi connectivity index (χ2v) is 6.37. The number of benzene rings is 2. The molecule has 0 aliphatic carbocycles. The molecule has 1 N–H and O–H groups in total. The largest absolute Gasteiger partial charge is 0.309 e. The molecule has 0 unspecified atom stereocenters. The number of Topliss-reactive ketones (excluding diaryl/α,β-unsaturated/α-hetero) is 1. The number of rotatable bonds is 8. The molecule has 3 aromatic rings. The Bertz CT molecular complexity index is 936. The number of nitrogens with one attached hydrogen (secondary N) is 1. The fourth-order valence-corrected chi connectivity index (χ4v) is 3.32. The molecule has 0 saturated carbocycles. The van der Waals surface area contributed by atoms with Gasteiger partial charge in [-0.1, -0.05) is 56.3 Å². The van der Waals surface area contributed by atoms with Crippen LogP contribution in [0, 0.1) is 5.41 Å².